The predicted molar refractivity (Wildman–Crippen MR) is 144 cm³/mol. The van der Waals surface area contributed by atoms with Crippen molar-refractivity contribution in [1.29, 1.82) is 0 Å². The number of allylic oxidation sites excluding steroid dienone is 4. The highest BCUT2D eigenvalue weighted by molar-refractivity contribution is 5.41. The normalized spacial score (nSPS) is 25.8. The highest BCUT2D eigenvalue weighted by Gasteiger charge is 2.36. The predicted octanol–water partition coefficient (Wildman–Crippen LogP) is 7.21. The lowest BCUT2D eigenvalue weighted by atomic mass is 9.87. The van der Waals surface area contributed by atoms with Gasteiger partial charge in [0.1, 0.15) is 36.4 Å². The first-order valence-corrected chi connectivity index (χ1v) is 13.8. The Morgan fingerprint density at radius 1 is 0.861 bits per heavy atom. The Morgan fingerprint density at radius 2 is 1.58 bits per heavy atom. The van der Waals surface area contributed by atoms with Crippen LogP contribution in [0.4, 0.5) is 0 Å². The third-order valence-corrected chi connectivity index (χ3v) is 7.57. The molecule has 4 nitrogen and oxygen atoms in total. The van der Waals surface area contributed by atoms with Crippen molar-refractivity contribution in [3.05, 3.63) is 84.0 Å². The molecule has 0 amide bonds. The molecule has 2 aliphatic heterocycles. The third kappa shape index (κ3) is 7.02. The molecule has 0 spiro atoms. The number of epoxide rings is 2. The molecule has 0 N–H and O–H groups in total. The largest absolute Gasteiger partial charge is 0.491 e. The maximum Gasteiger partial charge on any atom is 0.127 e. The van der Waals surface area contributed by atoms with Crippen molar-refractivity contribution in [3.8, 4) is 11.5 Å². The molecule has 192 valence electrons. The van der Waals surface area contributed by atoms with Gasteiger partial charge in [0.15, 0.2) is 0 Å². The molecule has 36 heavy (non-hydrogen) atoms. The summed E-state index contributed by atoms with van der Waals surface area (Å²) < 4.78 is 23.2. The Bertz CT molecular complexity index is 1000. The lowest BCUT2D eigenvalue weighted by molar-refractivity contribution is 0.127. The van der Waals surface area contributed by atoms with Crippen molar-refractivity contribution in [1.82, 2.24) is 0 Å². The first kappa shape index (κ1) is 25.1. The van der Waals surface area contributed by atoms with Crippen LogP contribution in [-0.2, 0) is 9.47 Å². The molecule has 0 radical (unpaired) electrons. The van der Waals surface area contributed by atoms with E-state index in [0.717, 1.165) is 31.1 Å². The second kappa shape index (κ2) is 12.1. The second-order valence-electron chi connectivity index (χ2n) is 10.4. The van der Waals surface area contributed by atoms with E-state index in [0.29, 0.717) is 12.5 Å². The van der Waals surface area contributed by atoms with E-state index < -0.39 is 0 Å². The highest BCUT2D eigenvalue weighted by atomic mass is 16.6. The molecule has 2 aromatic rings. The summed E-state index contributed by atoms with van der Waals surface area (Å²) in [6.45, 7) is 6.85. The average molecular weight is 489 g/mol. The van der Waals surface area contributed by atoms with Gasteiger partial charge < -0.3 is 18.9 Å². The van der Waals surface area contributed by atoms with E-state index in [2.05, 4.69) is 86.7 Å². The van der Waals surface area contributed by atoms with Crippen LogP contribution in [0.1, 0.15) is 68.9 Å². The summed E-state index contributed by atoms with van der Waals surface area (Å²) in [5, 5.41) is 0. The van der Waals surface area contributed by atoms with Crippen LogP contribution in [0.25, 0.3) is 0 Å². The number of hydrogen-bond donors (Lipinski definition) is 0. The van der Waals surface area contributed by atoms with Gasteiger partial charge in [-0.3, -0.25) is 0 Å². The van der Waals surface area contributed by atoms with Crippen molar-refractivity contribution in [3.63, 3.8) is 0 Å². The maximum absolute atomic E-state index is 6.53. The van der Waals surface area contributed by atoms with E-state index in [-0.39, 0.29) is 30.1 Å². The third-order valence-electron chi connectivity index (χ3n) is 7.57. The minimum atomic E-state index is 0.146. The molecule has 4 atom stereocenters. The van der Waals surface area contributed by atoms with Gasteiger partial charge >= 0.3 is 0 Å². The van der Waals surface area contributed by atoms with Gasteiger partial charge in [-0.25, -0.2) is 0 Å². The molecule has 2 fully saturated rings. The van der Waals surface area contributed by atoms with Crippen LogP contribution < -0.4 is 9.47 Å². The summed E-state index contributed by atoms with van der Waals surface area (Å²) in [7, 11) is 0. The summed E-state index contributed by atoms with van der Waals surface area (Å²) in [6.07, 6.45) is 16.0. The Morgan fingerprint density at radius 3 is 2.22 bits per heavy atom. The van der Waals surface area contributed by atoms with Gasteiger partial charge in [0.2, 0.25) is 0 Å². The number of unbranched alkanes of at least 4 members (excludes halogenated alkanes) is 1. The molecule has 4 unspecified atom stereocenters. The Labute approximate surface area is 216 Å². The maximum atomic E-state index is 6.53. The quantitative estimate of drug-likeness (QED) is 0.208. The van der Waals surface area contributed by atoms with Crippen LogP contribution in [0.5, 0.6) is 11.5 Å². The molecule has 3 aliphatic rings. The lowest BCUT2D eigenvalue weighted by Gasteiger charge is -2.23. The minimum Gasteiger partial charge on any atom is -0.491 e. The van der Waals surface area contributed by atoms with Gasteiger partial charge in [-0.1, -0.05) is 88.1 Å². The average Bonchev–Trinajstić information content (AvgIpc) is 3.84. The Balaban J connectivity index is 1.18. The monoisotopic (exact) mass is 488 g/mol. The Hall–Kier alpha value is -2.56. The van der Waals surface area contributed by atoms with Crippen molar-refractivity contribution in [2.45, 2.75) is 76.1 Å². The van der Waals surface area contributed by atoms with Crippen LogP contribution >= 0.6 is 0 Å². The van der Waals surface area contributed by atoms with Crippen molar-refractivity contribution >= 4 is 0 Å². The van der Waals surface area contributed by atoms with Crippen molar-refractivity contribution in [2.75, 3.05) is 19.8 Å². The van der Waals surface area contributed by atoms with E-state index >= 15 is 0 Å². The first-order chi connectivity index (χ1) is 17.7. The summed E-state index contributed by atoms with van der Waals surface area (Å²) >= 11 is 0. The van der Waals surface area contributed by atoms with Crippen LogP contribution in [0.2, 0.25) is 0 Å². The number of ether oxygens (including phenoxy) is 4. The second-order valence-corrected chi connectivity index (χ2v) is 10.4. The van der Waals surface area contributed by atoms with Gasteiger partial charge in [0, 0.05) is 11.8 Å². The van der Waals surface area contributed by atoms with E-state index in [4.69, 9.17) is 18.9 Å². The van der Waals surface area contributed by atoms with E-state index in [1.807, 2.05) is 0 Å². The molecular formula is C32H40O4. The topological polar surface area (TPSA) is 43.5 Å². The SMILES string of the molecule is CCCCC(CC)CC(Oc1cccc(C2C=CC(c3ccc(OCC4CO4)cc3)C=C2)c1)C1CO1. The number of rotatable bonds is 14. The van der Waals surface area contributed by atoms with Crippen LogP contribution in [0, 0.1) is 5.92 Å². The molecule has 0 bridgehead atoms. The molecule has 2 saturated heterocycles. The van der Waals surface area contributed by atoms with Gasteiger partial charge in [-0.2, -0.15) is 0 Å². The zero-order valence-corrected chi connectivity index (χ0v) is 21.7. The zero-order chi connectivity index (χ0) is 24.7. The van der Waals surface area contributed by atoms with Crippen molar-refractivity contribution in [2.24, 2.45) is 5.92 Å². The van der Waals surface area contributed by atoms with Gasteiger partial charge in [-0.15, -0.1) is 0 Å². The molecule has 1 aliphatic carbocycles. The van der Waals surface area contributed by atoms with E-state index in [1.165, 1.54) is 36.8 Å². The zero-order valence-electron chi connectivity index (χ0n) is 21.7. The summed E-state index contributed by atoms with van der Waals surface area (Å²) in [5.74, 6) is 3.10. The Kier molecular flexibility index (Phi) is 8.45. The van der Waals surface area contributed by atoms with Crippen LogP contribution in [0.15, 0.2) is 72.8 Å². The van der Waals surface area contributed by atoms with Crippen molar-refractivity contribution < 1.29 is 18.9 Å². The lowest BCUT2D eigenvalue weighted by Crippen LogP contribution is -2.26. The van der Waals surface area contributed by atoms with Gasteiger partial charge in [0.05, 0.1) is 13.2 Å². The summed E-state index contributed by atoms with van der Waals surface area (Å²) in [6, 6.07) is 17.0. The molecule has 2 aromatic carbocycles. The first-order valence-electron chi connectivity index (χ1n) is 13.8. The molecule has 0 saturated carbocycles. The standard InChI is InChI=1S/C32H40O4/c1-3-5-7-23(4-2)18-31(32-22-35-32)36-29-9-6-8-27(19-29)26-12-10-24(11-13-26)25-14-16-28(17-15-25)33-20-30-21-34-30/h6,8-17,19,23-24,26,30-32H,3-5,7,18,20-22H2,1-2H3. The van der Waals surface area contributed by atoms with Gasteiger partial charge in [-0.05, 0) is 47.7 Å². The van der Waals surface area contributed by atoms with E-state index in [1.54, 1.807) is 0 Å². The number of hydrogen-bond acceptors (Lipinski definition) is 4. The highest BCUT2D eigenvalue weighted by Crippen LogP contribution is 2.33. The van der Waals surface area contributed by atoms with Gasteiger partial charge in [0.25, 0.3) is 0 Å². The molecule has 4 heteroatoms. The number of benzene rings is 2. The van der Waals surface area contributed by atoms with E-state index in [9.17, 15) is 0 Å². The fraction of sp³-hybridized carbons (Fsp3) is 0.500. The van der Waals surface area contributed by atoms with Crippen LogP contribution in [0.3, 0.4) is 0 Å². The smallest absolute Gasteiger partial charge is 0.127 e. The molecular weight excluding hydrogens is 448 g/mol. The minimum absolute atomic E-state index is 0.146. The van der Waals surface area contributed by atoms with Crippen LogP contribution in [-0.4, -0.2) is 38.1 Å². The summed E-state index contributed by atoms with van der Waals surface area (Å²) in [4.78, 5) is 0. The molecule has 5 rings (SSSR count). The fourth-order valence-corrected chi connectivity index (χ4v) is 5.02. The molecule has 0 aromatic heterocycles. The fourth-order valence-electron chi connectivity index (χ4n) is 5.02. The molecule has 2 heterocycles. The summed E-state index contributed by atoms with van der Waals surface area (Å²) in [5.41, 5.74) is 2.53.